The highest BCUT2D eigenvalue weighted by Gasteiger charge is 2.11. The van der Waals surface area contributed by atoms with Gasteiger partial charge in [0, 0.05) is 28.9 Å². The lowest BCUT2D eigenvalue weighted by Gasteiger charge is -2.05. The first-order valence-corrected chi connectivity index (χ1v) is 5.72. The number of hydrogen-bond donors (Lipinski definition) is 1. The molecule has 0 unspecified atom stereocenters. The number of carbonyl (C=O) groups excluding carboxylic acids is 1. The summed E-state index contributed by atoms with van der Waals surface area (Å²) in [5, 5.41) is 13.3. The Bertz CT molecular complexity index is 717. The number of rotatable bonds is 3. The van der Waals surface area contributed by atoms with Gasteiger partial charge in [0.2, 0.25) is 0 Å². The zero-order chi connectivity index (χ0) is 14.5. The van der Waals surface area contributed by atoms with Gasteiger partial charge in [-0.3, -0.25) is 14.9 Å². The quantitative estimate of drug-likeness (QED) is 0.527. The minimum Gasteiger partial charge on any atom is -0.322 e. The van der Waals surface area contributed by atoms with E-state index in [-0.39, 0.29) is 11.3 Å². The van der Waals surface area contributed by atoms with Crippen molar-refractivity contribution in [2.24, 2.45) is 0 Å². The molecule has 0 radical (unpaired) electrons. The summed E-state index contributed by atoms with van der Waals surface area (Å²) in [6, 6.07) is 12.3. The lowest BCUT2D eigenvalue weighted by atomic mass is 10.1. The van der Waals surface area contributed by atoms with Crippen LogP contribution in [0.25, 0.3) is 0 Å². The van der Waals surface area contributed by atoms with Crippen LogP contribution in [0.5, 0.6) is 0 Å². The lowest BCUT2D eigenvalue weighted by molar-refractivity contribution is -0.384. The van der Waals surface area contributed by atoms with E-state index in [1.807, 2.05) is 0 Å². The predicted molar refractivity (Wildman–Crippen MR) is 75.4 cm³/mol. The van der Waals surface area contributed by atoms with Gasteiger partial charge >= 0.3 is 0 Å². The minimum absolute atomic E-state index is 0.130. The Morgan fingerprint density at radius 2 is 1.95 bits per heavy atom. The number of nitrogens with zero attached hydrogens (tertiary/aromatic N) is 1. The highest BCUT2D eigenvalue weighted by molar-refractivity contribution is 6.04. The molecule has 2 rings (SSSR count). The number of non-ortho nitro benzene ring substituents is 1. The van der Waals surface area contributed by atoms with Gasteiger partial charge in [-0.2, -0.15) is 0 Å². The van der Waals surface area contributed by atoms with Gasteiger partial charge in [-0.1, -0.05) is 18.1 Å². The molecule has 0 aliphatic rings. The van der Waals surface area contributed by atoms with Crippen molar-refractivity contribution in [1.82, 2.24) is 0 Å². The summed E-state index contributed by atoms with van der Waals surface area (Å²) in [4.78, 5) is 22.1. The fourth-order valence-corrected chi connectivity index (χ4v) is 1.65. The first-order chi connectivity index (χ1) is 9.60. The fraction of sp³-hybridized carbons (Fsp3) is 0. The SMILES string of the molecule is C#Cc1cccc(NC(=O)c2cccc([N+](=O)[O-])c2)c1. The van der Waals surface area contributed by atoms with Crippen LogP contribution in [0.2, 0.25) is 0 Å². The Hall–Kier alpha value is -3.13. The van der Waals surface area contributed by atoms with E-state index >= 15 is 0 Å². The smallest absolute Gasteiger partial charge is 0.270 e. The van der Waals surface area contributed by atoms with E-state index in [1.165, 1.54) is 24.3 Å². The van der Waals surface area contributed by atoms with Gasteiger partial charge in [0.05, 0.1) is 4.92 Å². The molecule has 5 heteroatoms. The minimum atomic E-state index is -0.546. The van der Waals surface area contributed by atoms with Gasteiger partial charge in [-0.05, 0) is 24.3 Å². The number of benzene rings is 2. The molecule has 0 saturated heterocycles. The van der Waals surface area contributed by atoms with Crippen molar-refractivity contribution < 1.29 is 9.72 Å². The maximum absolute atomic E-state index is 12.0. The van der Waals surface area contributed by atoms with Gasteiger partial charge in [-0.25, -0.2) is 0 Å². The summed E-state index contributed by atoms with van der Waals surface area (Å²) >= 11 is 0. The van der Waals surface area contributed by atoms with Crippen molar-refractivity contribution in [3.63, 3.8) is 0 Å². The molecule has 0 fully saturated rings. The zero-order valence-electron chi connectivity index (χ0n) is 10.4. The molecule has 0 heterocycles. The Balaban J connectivity index is 2.22. The molecule has 1 amide bonds. The molecule has 20 heavy (non-hydrogen) atoms. The second kappa shape index (κ2) is 5.67. The number of carbonyl (C=O) groups is 1. The second-order valence-electron chi connectivity index (χ2n) is 3.99. The third-order valence-corrected chi connectivity index (χ3v) is 2.61. The number of nitro benzene ring substituents is 1. The van der Waals surface area contributed by atoms with Crippen LogP contribution in [0.15, 0.2) is 48.5 Å². The molecular formula is C15H10N2O3. The average molecular weight is 266 g/mol. The summed E-state index contributed by atoms with van der Waals surface area (Å²) in [5.41, 5.74) is 1.26. The van der Waals surface area contributed by atoms with E-state index < -0.39 is 10.8 Å². The highest BCUT2D eigenvalue weighted by atomic mass is 16.6. The van der Waals surface area contributed by atoms with Crippen molar-refractivity contribution in [2.45, 2.75) is 0 Å². The molecular weight excluding hydrogens is 256 g/mol. The van der Waals surface area contributed by atoms with Crippen molar-refractivity contribution >= 4 is 17.3 Å². The van der Waals surface area contributed by atoms with Crippen LogP contribution in [-0.4, -0.2) is 10.8 Å². The van der Waals surface area contributed by atoms with Gasteiger partial charge in [-0.15, -0.1) is 6.42 Å². The van der Waals surface area contributed by atoms with Crippen molar-refractivity contribution in [3.8, 4) is 12.3 Å². The summed E-state index contributed by atoms with van der Waals surface area (Å²) in [6.07, 6.45) is 5.28. The molecule has 5 nitrogen and oxygen atoms in total. The van der Waals surface area contributed by atoms with Crippen LogP contribution >= 0.6 is 0 Å². The van der Waals surface area contributed by atoms with Gasteiger partial charge in [0.15, 0.2) is 0 Å². The second-order valence-corrected chi connectivity index (χ2v) is 3.99. The maximum Gasteiger partial charge on any atom is 0.270 e. The van der Waals surface area contributed by atoms with Crippen LogP contribution < -0.4 is 5.32 Å². The van der Waals surface area contributed by atoms with Crippen LogP contribution in [0.4, 0.5) is 11.4 Å². The maximum atomic E-state index is 12.0. The van der Waals surface area contributed by atoms with E-state index in [4.69, 9.17) is 6.42 Å². The standard InChI is InChI=1S/C15H10N2O3/c1-2-11-5-3-7-13(9-11)16-15(18)12-6-4-8-14(10-12)17(19)20/h1,3-10H,(H,16,18). The monoisotopic (exact) mass is 266 g/mol. The molecule has 1 N–H and O–H groups in total. The molecule has 0 spiro atoms. The molecule has 98 valence electrons. The number of amides is 1. The van der Waals surface area contributed by atoms with Crippen LogP contribution in [-0.2, 0) is 0 Å². The van der Waals surface area contributed by atoms with E-state index in [2.05, 4.69) is 11.2 Å². The number of nitrogens with one attached hydrogen (secondary N) is 1. The first-order valence-electron chi connectivity index (χ1n) is 5.72. The number of hydrogen-bond acceptors (Lipinski definition) is 3. The van der Waals surface area contributed by atoms with Crippen LogP contribution in [0.1, 0.15) is 15.9 Å². The Kier molecular flexibility index (Phi) is 3.77. The van der Waals surface area contributed by atoms with Crippen molar-refractivity contribution in [2.75, 3.05) is 5.32 Å². The van der Waals surface area contributed by atoms with Gasteiger partial charge < -0.3 is 5.32 Å². The normalized spacial score (nSPS) is 9.55. The van der Waals surface area contributed by atoms with Crippen LogP contribution in [0.3, 0.4) is 0 Å². The molecule has 0 aliphatic heterocycles. The number of terminal acetylenes is 1. The number of nitro groups is 1. The lowest BCUT2D eigenvalue weighted by Crippen LogP contribution is -2.12. The largest absolute Gasteiger partial charge is 0.322 e. The van der Waals surface area contributed by atoms with Crippen molar-refractivity contribution in [1.29, 1.82) is 0 Å². The molecule has 0 aliphatic carbocycles. The summed E-state index contributed by atoms with van der Waals surface area (Å²) < 4.78 is 0. The fourth-order valence-electron chi connectivity index (χ4n) is 1.65. The Morgan fingerprint density at radius 3 is 2.65 bits per heavy atom. The van der Waals surface area contributed by atoms with E-state index in [9.17, 15) is 14.9 Å². The van der Waals surface area contributed by atoms with E-state index in [0.29, 0.717) is 11.3 Å². The topological polar surface area (TPSA) is 72.2 Å². The third kappa shape index (κ3) is 3.00. The Labute approximate surface area is 115 Å². The average Bonchev–Trinajstić information content (AvgIpc) is 2.47. The van der Waals surface area contributed by atoms with Crippen molar-refractivity contribution in [3.05, 3.63) is 69.8 Å². The van der Waals surface area contributed by atoms with E-state index in [0.717, 1.165) is 0 Å². The van der Waals surface area contributed by atoms with E-state index in [1.54, 1.807) is 24.3 Å². The number of anilines is 1. The summed E-state index contributed by atoms with van der Waals surface area (Å²) in [7, 11) is 0. The molecule has 0 bridgehead atoms. The molecule has 0 aromatic heterocycles. The summed E-state index contributed by atoms with van der Waals surface area (Å²) in [6.45, 7) is 0. The van der Waals surface area contributed by atoms with Gasteiger partial charge in [0.25, 0.3) is 11.6 Å². The molecule has 2 aromatic rings. The predicted octanol–water partition coefficient (Wildman–Crippen LogP) is 2.83. The Morgan fingerprint density at radius 1 is 1.20 bits per heavy atom. The molecule has 0 atom stereocenters. The first kappa shape index (κ1) is 13.3. The summed E-state index contributed by atoms with van der Waals surface area (Å²) in [5.74, 6) is 2.04. The molecule has 0 saturated carbocycles. The zero-order valence-corrected chi connectivity index (χ0v) is 10.4. The highest BCUT2D eigenvalue weighted by Crippen LogP contribution is 2.15. The van der Waals surface area contributed by atoms with Crippen LogP contribution in [0, 0.1) is 22.5 Å². The van der Waals surface area contributed by atoms with Gasteiger partial charge in [0.1, 0.15) is 0 Å². The third-order valence-electron chi connectivity index (χ3n) is 2.61. The molecule has 2 aromatic carbocycles.